The molecule has 0 aromatic rings. The van der Waals surface area contributed by atoms with Gasteiger partial charge in [0.15, 0.2) is 0 Å². The van der Waals surface area contributed by atoms with E-state index in [9.17, 15) is 14.4 Å². The zero-order chi connectivity index (χ0) is 14.5. The number of unbranched alkanes of at least 4 members (excludes halogenated alkanes) is 3. The Bertz CT molecular complexity index is 286. The summed E-state index contributed by atoms with van der Waals surface area (Å²) in [5.74, 6) is -0.695. The summed E-state index contributed by atoms with van der Waals surface area (Å²) >= 11 is 0. The molecule has 0 saturated heterocycles. The molecule has 110 valence electrons. The Kier molecular flexibility index (Phi) is 10.8. The topological polar surface area (TPSA) is 69.7 Å². The van der Waals surface area contributed by atoms with E-state index < -0.39 is 5.97 Å². The Labute approximate surface area is 114 Å². The number of ether oxygens (including phenoxy) is 2. The van der Waals surface area contributed by atoms with E-state index in [1.807, 2.05) is 0 Å². The summed E-state index contributed by atoms with van der Waals surface area (Å²) < 4.78 is 9.50. The summed E-state index contributed by atoms with van der Waals surface area (Å²) in [6.07, 6.45) is 4.02. The summed E-state index contributed by atoms with van der Waals surface area (Å²) in [6, 6.07) is 0. The number of hydrogen-bond donors (Lipinski definition) is 0. The van der Waals surface area contributed by atoms with Gasteiger partial charge < -0.3 is 9.47 Å². The van der Waals surface area contributed by atoms with Gasteiger partial charge in [-0.15, -0.1) is 0 Å². The van der Waals surface area contributed by atoms with E-state index >= 15 is 0 Å². The molecule has 0 heterocycles. The lowest BCUT2D eigenvalue weighted by Gasteiger charge is -2.03. The van der Waals surface area contributed by atoms with Crippen LogP contribution in [0.3, 0.4) is 0 Å². The zero-order valence-corrected chi connectivity index (χ0v) is 11.9. The standard InChI is InChI=1S/C14H24O5/c1-3-18-13(16)10-8-6-5-7-9-12(15)11-14(17)19-4-2/h3-11H2,1-2H3. The first-order chi connectivity index (χ1) is 9.10. The van der Waals surface area contributed by atoms with Crippen molar-refractivity contribution >= 4 is 17.7 Å². The highest BCUT2D eigenvalue weighted by molar-refractivity contribution is 5.95. The molecule has 0 saturated carbocycles. The van der Waals surface area contributed by atoms with E-state index in [0.717, 1.165) is 25.7 Å². The second-order valence-electron chi connectivity index (χ2n) is 4.24. The van der Waals surface area contributed by atoms with Crippen LogP contribution < -0.4 is 0 Å². The van der Waals surface area contributed by atoms with Gasteiger partial charge in [-0.1, -0.05) is 12.8 Å². The number of ketones is 1. The Balaban J connectivity index is 3.41. The minimum absolute atomic E-state index is 0.0798. The van der Waals surface area contributed by atoms with Crippen LogP contribution in [0.15, 0.2) is 0 Å². The third-order valence-electron chi connectivity index (χ3n) is 2.54. The van der Waals surface area contributed by atoms with Gasteiger partial charge in [0.05, 0.1) is 13.2 Å². The van der Waals surface area contributed by atoms with Crippen molar-refractivity contribution in [2.75, 3.05) is 13.2 Å². The molecule has 5 nitrogen and oxygen atoms in total. The van der Waals surface area contributed by atoms with Crippen LogP contribution in [0.2, 0.25) is 0 Å². The molecular formula is C14H24O5. The molecule has 0 spiro atoms. The van der Waals surface area contributed by atoms with Crippen molar-refractivity contribution in [2.24, 2.45) is 0 Å². The smallest absolute Gasteiger partial charge is 0.313 e. The molecule has 19 heavy (non-hydrogen) atoms. The van der Waals surface area contributed by atoms with Crippen molar-refractivity contribution in [1.82, 2.24) is 0 Å². The summed E-state index contributed by atoms with van der Waals surface area (Å²) in [5, 5.41) is 0. The maximum absolute atomic E-state index is 11.4. The number of carbonyl (C=O) groups is 3. The highest BCUT2D eigenvalue weighted by atomic mass is 16.5. The van der Waals surface area contributed by atoms with Gasteiger partial charge in [0.25, 0.3) is 0 Å². The van der Waals surface area contributed by atoms with Gasteiger partial charge in [-0.05, 0) is 26.7 Å². The third-order valence-corrected chi connectivity index (χ3v) is 2.54. The van der Waals surface area contributed by atoms with Crippen LogP contribution in [0.1, 0.15) is 58.8 Å². The average molecular weight is 272 g/mol. The quantitative estimate of drug-likeness (QED) is 0.328. The predicted octanol–water partition coefficient (Wildman–Crippen LogP) is 2.41. The Hall–Kier alpha value is -1.39. The van der Waals surface area contributed by atoms with Crippen LogP contribution in [-0.4, -0.2) is 30.9 Å². The molecule has 0 N–H and O–H groups in total. The minimum atomic E-state index is -0.449. The van der Waals surface area contributed by atoms with E-state index in [-0.39, 0.29) is 18.2 Å². The predicted molar refractivity (Wildman–Crippen MR) is 70.6 cm³/mol. The monoisotopic (exact) mass is 272 g/mol. The summed E-state index contributed by atoms with van der Waals surface area (Å²) in [4.78, 5) is 33.4. The van der Waals surface area contributed by atoms with Crippen molar-refractivity contribution in [3.05, 3.63) is 0 Å². The van der Waals surface area contributed by atoms with Crippen molar-refractivity contribution in [3.8, 4) is 0 Å². The first-order valence-corrected chi connectivity index (χ1v) is 6.93. The van der Waals surface area contributed by atoms with Crippen LogP contribution in [-0.2, 0) is 23.9 Å². The molecule has 0 aliphatic carbocycles. The second kappa shape index (κ2) is 11.7. The molecule has 0 rings (SSSR count). The van der Waals surface area contributed by atoms with Crippen LogP contribution in [0.25, 0.3) is 0 Å². The van der Waals surface area contributed by atoms with Crippen molar-refractivity contribution < 1.29 is 23.9 Å². The SMILES string of the molecule is CCOC(=O)CCCCCCC(=O)CC(=O)OCC. The van der Waals surface area contributed by atoms with Crippen LogP contribution >= 0.6 is 0 Å². The van der Waals surface area contributed by atoms with Gasteiger partial charge >= 0.3 is 11.9 Å². The highest BCUT2D eigenvalue weighted by Crippen LogP contribution is 2.07. The van der Waals surface area contributed by atoms with E-state index in [1.54, 1.807) is 13.8 Å². The van der Waals surface area contributed by atoms with Crippen LogP contribution in [0.4, 0.5) is 0 Å². The van der Waals surface area contributed by atoms with Crippen molar-refractivity contribution in [3.63, 3.8) is 0 Å². The number of rotatable bonds is 11. The molecule has 0 atom stereocenters. The van der Waals surface area contributed by atoms with Gasteiger partial charge in [-0.2, -0.15) is 0 Å². The molecule has 5 heteroatoms. The van der Waals surface area contributed by atoms with Crippen molar-refractivity contribution in [2.45, 2.75) is 58.8 Å². The largest absolute Gasteiger partial charge is 0.466 e. The fourth-order valence-electron chi connectivity index (χ4n) is 1.64. The molecule has 0 bridgehead atoms. The van der Waals surface area contributed by atoms with Crippen molar-refractivity contribution in [1.29, 1.82) is 0 Å². The average Bonchev–Trinajstić information content (AvgIpc) is 2.34. The van der Waals surface area contributed by atoms with Crippen LogP contribution in [0.5, 0.6) is 0 Å². The lowest BCUT2D eigenvalue weighted by Crippen LogP contribution is -2.10. The highest BCUT2D eigenvalue weighted by Gasteiger charge is 2.09. The van der Waals surface area contributed by atoms with E-state index in [1.165, 1.54) is 0 Å². The van der Waals surface area contributed by atoms with Gasteiger partial charge in [0.2, 0.25) is 0 Å². The lowest BCUT2D eigenvalue weighted by molar-refractivity contribution is -0.146. The Morgan fingerprint density at radius 1 is 0.737 bits per heavy atom. The summed E-state index contributed by atoms with van der Waals surface area (Å²) in [6.45, 7) is 4.22. The second-order valence-corrected chi connectivity index (χ2v) is 4.24. The van der Waals surface area contributed by atoms with Gasteiger partial charge in [0.1, 0.15) is 12.2 Å². The first-order valence-electron chi connectivity index (χ1n) is 6.93. The number of hydrogen-bond acceptors (Lipinski definition) is 5. The molecule has 0 fully saturated rings. The van der Waals surface area contributed by atoms with Crippen LogP contribution in [0, 0.1) is 0 Å². The number of Topliss-reactive ketones (excluding diaryl/α,β-unsaturated/α-hetero) is 1. The third kappa shape index (κ3) is 11.4. The molecule has 0 radical (unpaired) electrons. The minimum Gasteiger partial charge on any atom is -0.466 e. The number of carbonyl (C=O) groups excluding carboxylic acids is 3. The molecule has 0 aromatic heterocycles. The Morgan fingerprint density at radius 2 is 1.26 bits per heavy atom. The summed E-state index contributed by atoms with van der Waals surface area (Å²) in [7, 11) is 0. The maximum atomic E-state index is 11.4. The lowest BCUT2D eigenvalue weighted by atomic mass is 10.1. The summed E-state index contributed by atoms with van der Waals surface area (Å²) in [5.41, 5.74) is 0. The molecule has 0 aliphatic heterocycles. The maximum Gasteiger partial charge on any atom is 0.313 e. The molecular weight excluding hydrogens is 248 g/mol. The molecule has 0 unspecified atom stereocenters. The van der Waals surface area contributed by atoms with E-state index in [0.29, 0.717) is 26.1 Å². The first kappa shape index (κ1) is 17.6. The normalized spacial score (nSPS) is 10.0. The fourth-order valence-corrected chi connectivity index (χ4v) is 1.64. The Morgan fingerprint density at radius 3 is 1.84 bits per heavy atom. The fraction of sp³-hybridized carbons (Fsp3) is 0.786. The molecule has 0 aromatic carbocycles. The molecule has 0 amide bonds. The number of esters is 2. The van der Waals surface area contributed by atoms with Gasteiger partial charge in [-0.25, -0.2) is 0 Å². The van der Waals surface area contributed by atoms with Gasteiger partial charge in [0, 0.05) is 12.8 Å². The van der Waals surface area contributed by atoms with E-state index in [4.69, 9.17) is 9.47 Å². The van der Waals surface area contributed by atoms with Gasteiger partial charge in [-0.3, -0.25) is 14.4 Å². The molecule has 0 aliphatic rings. The zero-order valence-electron chi connectivity index (χ0n) is 11.9. The van der Waals surface area contributed by atoms with E-state index in [2.05, 4.69) is 0 Å².